The fourth-order valence-electron chi connectivity index (χ4n) is 4.85. The second-order valence-corrected chi connectivity index (χ2v) is 9.14. The van der Waals surface area contributed by atoms with Gasteiger partial charge < -0.3 is 25.2 Å². The second kappa shape index (κ2) is 10.3. The Morgan fingerprint density at radius 2 is 1.71 bits per heavy atom. The topological polar surface area (TPSA) is 116 Å². The molecule has 2 amide bonds. The van der Waals surface area contributed by atoms with Crippen molar-refractivity contribution in [2.45, 2.75) is 44.2 Å². The first-order valence-corrected chi connectivity index (χ1v) is 11.6. The Hall–Kier alpha value is -3.39. The lowest BCUT2D eigenvalue weighted by Crippen LogP contribution is -2.40. The molecule has 8 heteroatoms. The first kappa shape index (κ1) is 23.8. The highest BCUT2D eigenvalue weighted by molar-refractivity contribution is 5.84. The van der Waals surface area contributed by atoms with Crippen LogP contribution in [0.3, 0.4) is 0 Å². The van der Waals surface area contributed by atoms with Gasteiger partial charge in [-0.1, -0.05) is 55.5 Å². The van der Waals surface area contributed by atoms with Gasteiger partial charge in [-0.05, 0) is 34.6 Å². The second-order valence-electron chi connectivity index (χ2n) is 9.14. The molecule has 1 fully saturated rings. The highest BCUT2D eigenvalue weighted by Gasteiger charge is 2.38. The maximum atomic E-state index is 12.4. The van der Waals surface area contributed by atoms with Crippen LogP contribution in [0.1, 0.15) is 43.2 Å². The van der Waals surface area contributed by atoms with Crippen molar-refractivity contribution in [1.82, 2.24) is 10.2 Å². The van der Waals surface area contributed by atoms with Crippen molar-refractivity contribution in [2.75, 3.05) is 19.7 Å². The summed E-state index contributed by atoms with van der Waals surface area (Å²) in [5.41, 5.74) is 4.63. The Labute approximate surface area is 198 Å². The number of alkyl carbamates (subject to hydrolysis) is 1. The molecule has 8 nitrogen and oxygen atoms in total. The summed E-state index contributed by atoms with van der Waals surface area (Å²) in [6, 6.07) is 15.3. The number of likely N-dealkylation sites (tertiary alicyclic amines) is 1. The normalized spacial score (nSPS) is 19.9. The number of aliphatic hydroxyl groups is 1. The average molecular weight is 467 g/mol. The molecule has 34 heavy (non-hydrogen) atoms. The first-order chi connectivity index (χ1) is 16.3. The fraction of sp³-hybridized carbons (Fsp3) is 0.423. The van der Waals surface area contributed by atoms with Gasteiger partial charge in [0.15, 0.2) is 0 Å². The molecule has 2 aromatic carbocycles. The van der Waals surface area contributed by atoms with E-state index >= 15 is 0 Å². The minimum Gasteiger partial charge on any atom is -0.480 e. The number of amides is 2. The van der Waals surface area contributed by atoms with Gasteiger partial charge in [0.25, 0.3) is 0 Å². The number of carboxylic acid groups (broad SMARTS) is 1. The standard InChI is InChI=1S/C26H30N2O6/c1-16(10-11-24(30)28-14-17(29)12-23(28)25(31)32)13-27-26(33)34-15-22-20-8-4-2-6-18(20)19-7-3-5-9-21(19)22/h2-9,16-17,22-23,29H,10-15H2,1H3,(H,27,33)(H,31,32)/t16?,17?,23-/m0/s1. The largest absolute Gasteiger partial charge is 0.480 e. The summed E-state index contributed by atoms with van der Waals surface area (Å²) in [5, 5.41) is 21.7. The lowest BCUT2D eigenvalue weighted by atomic mass is 9.98. The summed E-state index contributed by atoms with van der Waals surface area (Å²) in [5.74, 6) is -1.40. The number of aliphatic carboxylic acids is 1. The third kappa shape index (κ3) is 5.07. The molecule has 1 aliphatic carbocycles. The van der Waals surface area contributed by atoms with E-state index in [2.05, 4.69) is 29.6 Å². The van der Waals surface area contributed by atoms with Crippen LogP contribution in [0.15, 0.2) is 48.5 Å². The van der Waals surface area contributed by atoms with E-state index in [0.717, 1.165) is 11.1 Å². The van der Waals surface area contributed by atoms with Crippen LogP contribution < -0.4 is 5.32 Å². The number of rotatable bonds is 8. The number of carbonyl (C=O) groups excluding carboxylic acids is 2. The van der Waals surface area contributed by atoms with Crippen molar-refractivity contribution in [1.29, 1.82) is 0 Å². The maximum absolute atomic E-state index is 12.4. The molecule has 0 aromatic heterocycles. The van der Waals surface area contributed by atoms with Crippen LogP contribution in [-0.4, -0.2) is 64.9 Å². The molecular formula is C26H30N2O6. The number of ether oxygens (including phenoxy) is 1. The summed E-state index contributed by atoms with van der Waals surface area (Å²) in [4.78, 5) is 37.3. The molecule has 3 atom stereocenters. The van der Waals surface area contributed by atoms with Crippen LogP contribution in [0.2, 0.25) is 0 Å². The highest BCUT2D eigenvalue weighted by Crippen LogP contribution is 2.44. The van der Waals surface area contributed by atoms with E-state index in [1.807, 2.05) is 31.2 Å². The summed E-state index contributed by atoms with van der Waals surface area (Å²) in [6.45, 7) is 2.53. The van der Waals surface area contributed by atoms with Crippen molar-refractivity contribution in [3.8, 4) is 11.1 Å². The molecule has 1 saturated heterocycles. The molecule has 0 saturated carbocycles. The molecule has 0 bridgehead atoms. The molecule has 3 N–H and O–H groups in total. The van der Waals surface area contributed by atoms with Crippen LogP contribution in [0, 0.1) is 5.92 Å². The molecule has 0 radical (unpaired) electrons. The van der Waals surface area contributed by atoms with E-state index in [0.29, 0.717) is 13.0 Å². The maximum Gasteiger partial charge on any atom is 0.407 e. The Balaban J connectivity index is 1.23. The molecule has 2 aromatic rings. The third-order valence-corrected chi connectivity index (χ3v) is 6.67. The number of carbonyl (C=O) groups is 3. The van der Waals surface area contributed by atoms with Crippen molar-refractivity contribution in [3.05, 3.63) is 59.7 Å². The number of aliphatic hydroxyl groups excluding tert-OH is 1. The van der Waals surface area contributed by atoms with E-state index < -0.39 is 24.2 Å². The van der Waals surface area contributed by atoms with E-state index in [1.54, 1.807) is 0 Å². The molecule has 2 aliphatic rings. The number of fused-ring (bicyclic) bond motifs is 3. The molecule has 1 aliphatic heterocycles. The van der Waals surface area contributed by atoms with Crippen LogP contribution in [0.4, 0.5) is 4.79 Å². The summed E-state index contributed by atoms with van der Waals surface area (Å²) < 4.78 is 5.53. The number of β-amino-alcohol motifs (C(OH)–C–C–N with tert-alkyl or cyclic N) is 1. The quantitative estimate of drug-likeness (QED) is 0.551. The predicted octanol–water partition coefficient (Wildman–Crippen LogP) is 2.99. The minimum absolute atomic E-state index is 0.000220. The lowest BCUT2D eigenvalue weighted by molar-refractivity contribution is -0.148. The van der Waals surface area contributed by atoms with Crippen LogP contribution >= 0.6 is 0 Å². The Morgan fingerprint density at radius 3 is 2.32 bits per heavy atom. The van der Waals surface area contributed by atoms with E-state index in [4.69, 9.17) is 4.74 Å². The number of nitrogens with zero attached hydrogens (tertiary/aromatic N) is 1. The molecular weight excluding hydrogens is 436 g/mol. The van der Waals surface area contributed by atoms with Gasteiger partial charge in [-0.15, -0.1) is 0 Å². The van der Waals surface area contributed by atoms with Gasteiger partial charge in [-0.3, -0.25) is 4.79 Å². The lowest BCUT2D eigenvalue weighted by Gasteiger charge is -2.22. The Morgan fingerprint density at radius 1 is 1.09 bits per heavy atom. The molecule has 1 heterocycles. The van der Waals surface area contributed by atoms with E-state index in [9.17, 15) is 24.6 Å². The SMILES string of the molecule is CC(CCC(=O)N1CC(O)C[C@H]1C(=O)O)CNC(=O)OCC1c2ccccc2-c2ccccc21. The van der Waals surface area contributed by atoms with Gasteiger partial charge in [0.1, 0.15) is 12.6 Å². The van der Waals surface area contributed by atoms with Crippen molar-refractivity contribution < 1.29 is 29.3 Å². The molecule has 0 spiro atoms. The van der Waals surface area contributed by atoms with Crippen LogP contribution in [-0.2, 0) is 14.3 Å². The van der Waals surface area contributed by atoms with Gasteiger partial charge in [0.05, 0.1) is 6.10 Å². The zero-order chi connectivity index (χ0) is 24.2. The monoisotopic (exact) mass is 466 g/mol. The van der Waals surface area contributed by atoms with Crippen molar-refractivity contribution in [3.63, 3.8) is 0 Å². The van der Waals surface area contributed by atoms with Crippen molar-refractivity contribution in [2.24, 2.45) is 5.92 Å². The van der Waals surface area contributed by atoms with Gasteiger partial charge in [-0.25, -0.2) is 9.59 Å². The van der Waals surface area contributed by atoms with Crippen LogP contribution in [0.25, 0.3) is 11.1 Å². The number of nitrogens with one attached hydrogen (secondary N) is 1. The van der Waals surface area contributed by atoms with Crippen molar-refractivity contribution >= 4 is 18.0 Å². The Kier molecular flexibility index (Phi) is 7.17. The molecule has 2 unspecified atom stereocenters. The van der Waals surface area contributed by atoms with Crippen LogP contribution in [0.5, 0.6) is 0 Å². The molecule has 4 rings (SSSR count). The number of hydrogen-bond donors (Lipinski definition) is 3. The smallest absolute Gasteiger partial charge is 0.407 e. The van der Waals surface area contributed by atoms with Gasteiger partial charge in [0, 0.05) is 31.8 Å². The zero-order valence-electron chi connectivity index (χ0n) is 19.1. The van der Waals surface area contributed by atoms with E-state index in [1.165, 1.54) is 16.0 Å². The third-order valence-electron chi connectivity index (χ3n) is 6.67. The number of benzene rings is 2. The number of carboxylic acids is 1. The van der Waals surface area contributed by atoms with Gasteiger partial charge in [-0.2, -0.15) is 0 Å². The predicted molar refractivity (Wildman–Crippen MR) is 125 cm³/mol. The highest BCUT2D eigenvalue weighted by atomic mass is 16.5. The summed E-state index contributed by atoms with van der Waals surface area (Å²) in [6.07, 6.45) is -0.614. The van der Waals surface area contributed by atoms with E-state index in [-0.39, 0.29) is 43.7 Å². The first-order valence-electron chi connectivity index (χ1n) is 11.6. The minimum atomic E-state index is -1.10. The fourth-order valence-corrected chi connectivity index (χ4v) is 4.85. The molecule has 180 valence electrons. The average Bonchev–Trinajstić information content (AvgIpc) is 3.38. The number of hydrogen-bond acceptors (Lipinski definition) is 5. The van der Waals surface area contributed by atoms with Gasteiger partial charge >= 0.3 is 12.1 Å². The zero-order valence-corrected chi connectivity index (χ0v) is 19.1. The summed E-state index contributed by atoms with van der Waals surface area (Å²) in [7, 11) is 0. The van der Waals surface area contributed by atoms with Gasteiger partial charge in [0.2, 0.25) is 5.91 Å². The Bertz CT molecular complexity index is 1030. The summed E-state index contributed by atoms with van der Waals surface area (Å²) >= 11 is 0.